The highest BCUT2D eigenvalue weighted by Gasteiger charge is 2.31. The number of amides is 1. The van der Waals surface area contributed by atoms with Gasteiger partial charge in [0.1, 0.15) is 0 Å². The first-order valence-corrected chi connectivity index (χ1v) is 7.75. The molecule has 0 fully saturated rings. The van der Waals surface area contributed by atoms with Gasteiger partial charge in [0.15, 0.2) is 0 Å². The van der Waals surface area contributed by atoms with Gasteiger partial charge in [-0.25, -0.2) is 0 Å². The molecule has 1 heterocycles. The highest BCUT2D eigenvalue weighted by molar-refractivity contribution is 6.33. The Balaban J connectivity index is 1.75. The lowest BCUT2D eigenvalue weighted by molar-refractivity contribution is -0.137. The van der Waals surface area contributed by atoms with Gasteiger partial charge in [-0.05, 0) is 23.8 Å². The van der Waals surface area contributed by atoms with Crippen LogP contribution in [0.4, 0.5) is 18.9 Å². The van der Waals surface area contributed by atoms with Crippen LogP contribution in [0, 0.1) is 0 Å². The Labute approximate surface area is 150 Å². The van der Waals surface area contributed by atoms with Gasteiger partial charge in [-0.15, -0.1) is 10.2 Å². The quantitative estimate of drug-likeness (QED) is 0.718. The van der Waals surface area contributed by atoms with E-state index in [1.54, 1.807) is 0 Å². The molecule has 0 aliphatic carbocycles. The number of rotatable bonds is 4. The molecule has 0 saturated carbocycles. The third-order valence-corrected chi connectivity index (χ3v) is 3.73. The molecule has 0 bridgehead atoms. The van der Waals surface area contributed by atoms with E-state index in [0.717, 1.165) is 23.8 Å². The van der Waals surface area contributed by atoms with E-state index in [1.165, 1.54) is 0 Å². The van der Waals surface area contributed by atoms with E-state index < -0.39 is 17.6 Å². The molecule has 5 nitrogen and oxygen atoms in total. The number of halogens is 4. The first-order valence-electron chi connectivity index (χ1n) is 7.37. The first kappa shape index (κ1) is 17.9. The SMILES string of the molecule is O=C(Nc1cc(C(F)(F)F)ccc1Cl)c1nnc(Cc2ccccc2)o1. The lowest BCUT2D eigenvalue weighted by Crippen LogP contribution is -2.14. The van der Waals surface area contributed by atoms with Crippen molar-refractivity contribution in [2.45, 2.75) is 12.6 Å². The molecule has 0 saturated heterocycles. The van der Waals surface area contributed by atoms with Crippen LogP contribution in [0.5, 0.6) is 0 Å². The van der Waals surface area contributed by atoms with Crippen LogP contribution >= 0.6 is 11.6 Å². The molecule has 26 heavy (non-hydrogen) atoms. The van der Waals surface area contributed by atoms with Crippen LogP contribution in [0.1, 0.15) is 27.7 Å². The summed E-state index contributed by atoms with van der Waals surface area (Å²) in [5.74, 6) is -1.01. The van der Waals surface area contributed by atoms with Gasteiger partial charge in [-0.3, -0.25) is 4.79 Å². The van der Waals surface area contributed by atoms with Gasteiger partial charge in [0.2, 0.25) is 5.89 Å². The van der Waals surface area contributed by atoms with Crippen LogP contribution in [0.2, 0.25) is 5.02 Å². The molecule has 2 aromatic carbocycles. The normalized spacial score (nSPS) is 11.4. The maximum atomic E-state index is 12.8. The van der Waals surface area contributed by atoms with E-state index >= 15 is 0 Å². The Morgan fingerprint density at radius 1 is 1.12 bits per heavy atom. The number of carbonyl (C=O) groups is 1. The Kier molecular flexibility index (Phi) is 4.94. The van der Waals surface area contributed by atoms with Crippen molar-refractivity contribution in [3.63, 3.8) is 0 Å². The summed E-state index contributed by atoms with van der Waals surface area (Å²) in [7, 11) is 0. The van der Waals surface area contributed by atoms with Crippen molar-refractivity contribution < 1.29 is 22.4 Å². The van der Waals surface area contributed by atoms with Gasteiger partial charge < -0.3 is 9.73 Å². The molecule has 134 valence electrons. The van der Waals surface area contributed by atoms with Gasteiger partial charge >= 0.3 is 18.0 Å². The lowest BCUT2D eigenvalue weighted by Gasteiger charge is -2.10. The monoisotopic (exact) mass is 381 g/mol. The van der Waals surface area contributed by atoms with Crippen LogP contribution < -0.4 is 5.32 Å². The fourth-order valence-electron chi connectivity index (χ4n) is 2.16. The smallest absolute Gasteiger partial charge is 0.416 e. The van der Waals surface area contributed by atoms with E-state index in [2.05, 4.69) is 15.5 Å². The van der Waals surface area contributed by atoms with Gasteiger partial charge in [0.25, 0.3) is 0 Å². The van der Waals surface area contributed by atoms with Crippen molar-refractivity contribution in [1.82, 2.24) is 10.2 Å². The largest absolute Gasteiger partial charge is 0.417 e. The molecule has 0 atom stereocenters. The van der Waals surface area contributed by atoms with Crippen molar-refractivity contribution in [3.05, 3.63) is 76.5 Å². The summed E-state index contributed by atoms with van der Waals surface area (Å²) in [5, 5.41) is 9.58. The standard InChI is InChI=1S/C17H11ClF3N3O2/c18-12-7-6-11(17(19,20)21)9-13(12)22-15(25)16-24-23-14(26-16)8-10-4-2-1-3-5-10/h1-7,9H,8H2,(H,22,25). The van der Waals surface area contributed by atoms with Gasteiger partial charge in [0.05, 0.1) is 22.7 Å². The minimum Gasteiger partial charge on any atom is -0.417 e. The van der Waals surface area contributed by atoms with Crippen LogP contribution in [0.15, 0.2) is 52.9 Å². The molecule has 0 aliphatic heterocycles. The van der Waals surface area contributed by atoms with Gasteiger partial charge in [-0.2, -0.15) is 13.2 Å². The molecule has 0 spiro atoms. The molecule has 3 aromatic rings. The highest BCUT2D eigenvalue weighted by Crippen LogP contribution is 2.33. The average Bonchev–Trinajstić information content (AvgIpc) is 3.05. The predicted octanol–water partition coefficient (Wildman–Crippen LogP) is 4.58. The number of nitrogens with zero attached hydrogens (tertiary/aromatic N) is 2. The third-order valence-electron chi connectivity index (χ3n) is 3.40. The Morgan fingerprint density at radius 2 is 1.85 bits per heavy atom. The summed E-state index contributed by atoms with van der Waals surface area (Å²) in [6.45, 7) is 0. The van der Waals surface area contributed by atoms with Crippen LogP contribution in [-0.2, 0) is 12.6 Å². The van der Waals surface area contributed by atoms with Crippen LogP contribution in [0.25, 0.3) is 0 Å². The second-order valence-corrected chi connectivity index (χ2v) is 5.72. The van der Waals surface area contributed by atoms with E-state index in [0.29, 0.717) is 6.42 Å². The topological polar surface area (TPSA) is 68.0 Å². The molecule has 1 amide bonds. The summed E-state index contributed by atoms with van der Waals surface area (Å²) in [4.78, 5) is 12.1. The van der Waals surface area contributed by atoms with Crippen LogP contribution in [0.3, 0.4) is 0 Å². The number of nitrogens with one attached hydrogen (secondary N) is 1. The maximum absolute atomic E-state index is 12.8. The van der Waals surface area contributed by atoms with Crippen molar-refractivity contribution in [3.8, 4) is 0 Å². The molecule has 1 N–H and O–H groups in total. The zero-order chi connectivity index (χ0) is 18.7. The summed E-state index contributed by atoms with van der Waals surface area (Å²) in [6, 6.07) is 11.9. The zero-order valence-electron chi connectivity index (χ0n) is 13.0. The first-order chi connectivity index (χ1) is 12.3. The van der Waals surface area contributed by atoms with Gasteiger partial charge in [-0.1, -0.05) is 41.9 Å². The molecular formula is C17H11ClF3N3O2. The zero-order valence-corrected chi connectivity index (χ0v) is 13.8. The maximum Gasteiger partial charge on any atom is 0.416 e. The lowest BCUT2D eigenvalue weighted by atomic mass is 10.2. The number of anilines is 1. The third kappa shape index (κ3) is 4.20. The predicted molar refractivity (Wildman–Crippen MR) is 88.0 cm³/mol. The van der Waals surface area contributed by atoms with Crippen molar-refractivity contribution in [2.24, 2.45) is 0 Å². The van der Waals surface area contributed by atoms with Crippen molar-refractivity contribution in [2.75, 3.05) is 5.32 Å². The number of aromatic nitrogens is 2. The van der Waals surface area contributed by atoms with Gasteiger partial charge in [0, 0.05) is 0 Å². The van der Waals surface area contributed by atoms with Crippen molar-refractivity contribution >= 4 is 23.2 Å². The summed E-state index contributed by atoms with van der Waals surface area (Å²) in [5.41, 5.74) is -0.231. The Hall–Kier alpha value is -2.87. The molecular weight excluding hydrogens is 371 g/mol. The summed E-state index contributed by atoms with van der Waals surface area (Å²) >= 11 is 5.84. The van der Waals surface area contributed by atoms with E-state index in [-0.39, 0.29) is 22.5 Å². The fraction of sp³-hybridized carbons (Fsp3) is 0.118. The fourth-order valence-corrected chi connectivity index (χ4v) is 2.33. The van der Waals surface area contributed by atoms with E-state index in [9.17, 15) is 18.0 Å². The Morgan fingerprint density at radius 3 is 2.54 bits per heavy atom. The average molecular weight is 382 g/mol. The Bertz CT molecular complexity index is 927. The minimum absolute atomic E-state index is 0.0459. The molecule has 0 radical (unpaired) electrons. The molecule has 0 aliphatic rings. The number of carbonyl (C=O) groups excluding carboxylic acids is 1. The molecule has 3 rings (SSSR count). The summed E-state index contributed by atoms with van der Waals surface area (Å²) < 4.78 is 43.6. The highest BCUT2D eigenvalue weighted by atomic mass is 35.5. The number of benzene rings is 2. The van der Waals surface area contributed by atoms with Crippen molar-refractivity contribution in [1.29, 1.82) is 0 Å². The van der Waals surface area contributed by atoms with E-state index in [4.69, 9.17) is 16.0 Å². The summed E-state index contributed by atoms with van der Waals surface area (Å²) in [6.07, 6.45) is -4.23. The molecule has 0 unspecified atom stereocenters. The minimum atomic E-state index is -4.56. The van der Waals surface area contributed by atoms with E-state index in [1.807, 2.05) is 30.3 Å². The second kappa shape index (κ2) is 7.17. The molecule has 9 heteroatoms. The second-order valence-electron chi connectivity index (χ2n) is 5.31. The number of hydrogen-bond acceptors (Lipinski definition) is 4. The number of hydrogen-bond donors (Lipinski definition) is 1. The van der Waals surface area contributed by atoms with Crippen LogP contribution in [-0.4, -0.2) is 16.1 Å². The number of alkyl halides is 3. The molecule has 1 aromatic heterocycles.